The van der Waals surface area contributed by atoms with Crippen molar-refractivity contribution in [3.63, 3.8) is 0 Å². The van der Waals surface area contributed by atoms with Crippen molar-refractivity contribution in [2.45, 2.75) is 17.5 Å². The highest BCUT2D eigenvalue weighted by Crippen LogP contribution is 2.28. The molecule has 0 atom stereocenters. The number of aromatic nitrogens is 4. The van der Waals surface area contributed by atoms with Gasteiger partial charge in [0.25, 0.3) is 0 Å². The largest absolute Gasteiger partial charge is 0.467 e. The molecule has 0 amide bonds. The minimum absolute atomic E-state index is 0.582. The molecule has 7 heteroatoms. The minimum Gasteiger partial charge on any atom is -0.467 e. The van der Waals surface area contributed by atoms with Crippen molar-refractivity contribution in [3.05, 3.63) is 83.0 Å². The average Bonchev–Trinajstić information content (AvgIpc) is 3.31. The number of hydrogen-bond acceptors (Lipinski definition) is 5. The van der Waals surface area contributed by atoms with Crippen molar-refractivity contribution in [3.8, 4) is 11.4 Å². The summed E-state index contributed by atoms with van der Waals surface area (Å²) >= 11 is 5.17. The van der Waals surface area contributed by atoms with E-state index in [1.54, 1.807) is 30.4 Å². The normalized spacial score (nSPS) is 11.0. The molecule has 0 saturated carbocycles. The second-order valence-corrected chi connectivity index (χ2v) is 7.48. The fraction of sp³-hybridized carbons (Fsp3) is 0.105. The zero-order valence-corrected chi connectivity index (χ0v) is 16.2. The Kier molecular flexibility index (Phi) is 5.17. The van der Waals surface area contributed by atoms with Crippen molar-refractivity contribution in [1.82, 2.24) is 19.7 Å². The summed E-state index contributed by atoms with van der Waals surface area (Å²) in [5, 5.41) is 9.68. The maximum atomic E-state index is 5.53. The molecule has 0 aliphatic carbocycles. The van der Waals surface area contributed by atoms with E-state index in [1.807, 2.05) is 36.4 Å². The molecule has 0 spiro atoms. The number of furan rings is 1. The molecule has 0 saturated heterocycles. The van der Waals surface area contributed by atoms with Crippen molar-refractivity contribution >= 4 is 27.7 Å². The summed E-state index contributed by atoms with van der Waals surface area (Å²) in [6, 6.07) is 16.0. The van der Waals surface area contributed by atoms with E-state index in [4.69, 9.17) is 4.42 Å². The van der Waals surface area contributed by atoms with Gasteiger partial charge in [-0.05, 0) is 42.0 Å². The molecule has 26 heavy (non-hydrogen) atoms. The third-order valence-corrected chi connectivity index (χ3v) is 5.34. The summed E-state index contributed by atoms with van der Waals surface area (Å²) in [5.41, 5.74) is 2.20. The van der Waals surface area contributed by atoms with Crippen molar-refractivity contribution in [1.29, 1.82) is 0 Å². The fourth-order valence-corrected chi connectivity index (χ4v) is 3.91. The zero-order chi connectivity index (χ0) is 17.8. The van der Waals surface area contributed by atoms with Crippen LogP contribution in [0.3, 0.4) is 0 Å². The van der Waals surface area contributed by atoms with E-state index >= 15 is 0 Å². The van der Waals surface area contributed by atoms with Crippen LogP contribution >= 0.6 is 27.7 Å². The predicted octanol–water partition coefficient (Wildman–Crippen LogP) is 5.04. The molecule has 1 aromatic carbocycles. The number of rotatable bonds is 6. The first-order chi connectivity index (χ1) is 12.8. The molecule has 3 heterocycles. The fourth-order valence-electron chi connectivity index (χ4n) is 2.59. The number of hydrogen-bond donors (Lipinski definition) is 0. The zero-order valence-electron chi connectivity index (χ0n) is 13.7. The summed E-state index contributed by atoms with van der Waals surface area (Å²) in [5.74, 6) is 2.48. The SMILES string of the molecule is Brc1cccc(CSc2nnc(-c3ccncc3)n2Cc2ccco2)c1. The molecule has 4 rings (SSSR count). The Morgan fingerprint density at radius 2 is 1.92 bits per heavy atom. The van der Waals surface area contributed by atoms with Gasteiger partial charge in [-0.3, -0.25) is 9.55 Å². The quantitative estimate of drug-likeness (QED) is 0.404. The van der Waals surface area contributed by atoms with E-state index in [-0.39, 0.29) is 0 Å². The van der Waals surface area contributed by atoms with Gasteiger partial charge in [-0.25, -0.2) is 0 Å². The van der Waals surface area contributed by atoms with Gasteiger partial charge in [-0.15, -0.1) is 10.2 Å². The number of thioether (sulfide) groups is 1. The van der Waals surface area contributed by atoms with Crippen LogP contribution < -0.4 is 0 Å². The Bertz CT molecular complexity index is 986. The molecule has 130 valence electrons. The number of halogens is 1. The topological polar surface area (TPSA) is 56.7 Å². The standard InChI is InChI=1S/C19H15BrN4OS/c20-16-4-1-3-14(11-16)13-26-19-23-22-18(15-6-8-21-9-7-15)24(19)12-17-5-2-10-25-17/h1-11H,12-13H2. The Morgan fingerprint density at radius 3 is 2.69 bits per heavy atom. The van der Waals surface area contributed by atoms with Gasteiger partial charge in [0.2, 0.25) is 0 Å². The van der Waals surface area contributed by atoms with Gasteiger partial charge in [0, 0.05) is 28.2 Å². The third-order valence-electron chi connectivity index (χ3n) is 3.81. The van der Waals surface area contributed by atoms with Gasteiger partial charge < -0.3 is 4.42 Å². The first kappa shape index (κ1) is 17.1. The van der Waals surface area contributed by atoms with E-state index in [1.165, 1.54) is 5.56 Å². The van der Waals surface area contributed by atoms with Gasteiger partial charge in [-0.2, -0.15) is 0 Å². The van der Waals surface area contributed by atoms with E-state index in [0.717, 1.165) is 32.5 Å². The van der Waals surface area contributed by atoms with Crippen LogP contribution in [0.15, 0.2) is 81.2 Å². The third kappa shape index (κ3) is 3.89. The van der Waals surface area contributed by atoms with E-state index in [9.17, 15) is 0 Å². The van der Waals surface area contributed by atoms with Gasteiger partial charge >= 0.3 is 0 Å². The maximum absolute atomic E-state index is 5.53. The highest BCUT2D eigenvalue weighted by atomic mass is 79.9. The Morgan fingerprint density at radius 1 is 1.04 bits per heavy atom. The van der Waals surface area contributed by atoms with Crippen LogP contribution in [0.2, 0.25) is 0 Å². The molecule has 0 unspecified atom stereocenters. The van der Waals surface area contributed by atoms with E-state index < -0.39 is 0 Å². The second-order valence-electron chi connectivity index (χ2n) is 5.63. The first-order valence-electron chi connectivity index (χ1n) is 8.03. The van der Waals surface area contributed by atoms with Crippen molar-refractivity contribution < 1.29 is 4.42 Å². The van der Waals surface area contributed by atoms with Gasteiger partial charge in [0.1, 0.15) is 5.76 Å². The molecular formula is C19H15BrN4OS. The van der Waals surface area contributed by atoms with Crippen LogP contribution in [0.4, 0.5) is 0 Å². The first-order valence-corrected chi connectivity index (χ1v) is 9.81. The smallest absolute Gasteiger partial charge is 0.192 e. The lowest BCUT2D eigenvalue weighted by molar-refractivity contribution is 0.485. The lowest BCUT2D eigenvalue weighted by atomic mass is 10.2. The molecule has 4 aromatic rings. The summed E-state index contributed by atoms with van der Waals surface area (Å²) in [4.78, 5) is 4.08. The highest BCUT2D eigenvalue weighted by Gasteiger charge is 2.16. The highest BCUT2D eigenvalue weighted by molar-refractivity contribution is 9.10. The van der Waals surface area contributed by atoms with Gasteiger partial charge in [-0.1, -0.05) is 39.8 Å². The summed E-state index contributed by atoms with van der Waals surface area (Å²) in [6.07, 6.45) is 5.20. The molecule has 0 bridgehead atoms. The summed E-state index contributed by atoms with van der Waals surface area (Å²) in [7, 11) is 0. The van der Waals surface area contributed by atoms with Gasteiger partial charge in [0.15, 0.2) is 11.0 Å². The van der Waals surface area contributed by atoms with E-state index in [2.05, 4.69) is 47.8 Å². The number of benzene rings is 1. The molecular weight excluding hydrogens is 412 g/mol. The van der Waals surface area contributed by atoms with Crippen LogP contribution in [-0.2, 0) is 12.3 Å². The predicted molar refractivity (Wildman–Crippen MR) is 105 cm³/mol. The Hall–Kier alpha value is -2.38. The van der Waals surface area contributed by atoms with E-state index in [0.29, 0.717) is 6.54 Å². The Balaban J connectivity index is 1.64. The maximum Gasteiger partial charge on any atom is 0.192 e. The number of nitrogens with zero attached hydrogens (tertiary/aromatic N) is 4. The average molecular weight is 427 g/mol. The van der Waals surface area contributed by atoms with Crippen LogP contribution in [0.25, 0.3) is 11.4 Å². The molecule has 5 nitrogen and oxygen atoms in total. The molecule has 0 aliphatic rings. The number of pyridine rings is 1. The van der Waals surface area contributed by atoms with Crippen molar-refractivity contribution in [2.24, 2.45) is 0 Å². The lowest BCUT2D eigenvalue weighted by Gasteiger charge is -2.09. The Labute approximate surface area is 163 Å². The minimum atomic E-state index is 0.582. The summed E-state index contributed by atoms with van der Waals surface area (Å²) in [6.45, 7) is 0.582. The van der Waals surface area contributed by atoms with Crippen molar-refractivity contribution in [2.75, 3.05) is 0 Å². The monoisotopic (exact) mass is 426 g/mol. The summed E-state index contributed by atoms with van der Waals surface area (Å²) < 4.78 is 8.68. The molecule has 0 radical (unpaired) electrons. The van der Waals surface area contributed by atoms with Crippen LogP contribution in [0, 0.1) is 0 Å². The molecule has 3 aromatic heterocycles. The lowest BCUT2D eigenvalue weighted by Crippen LogP contribution is -2.03. The van der Waals surface area contributed by atoms with Gasteiger partial charge in [0.05, 0.1) is 12.8 Å². The van der Waals surface area contributed by atoms with Crippen LogP contribution in [0.5, 0.6) is 0 Å². The van der Waals surface area contributed by atoms with Crippen LogP contribution in [-0.4, -0.2) is 19.7 Å². The second kappa shape index (κ2) is 7.88. The molecule has 0 N–H and O–H groups in total. The molecule has 0 aliphatic heterocycles. The molecule has 0 fully saturated rings. The van der Waals surface area contributed by atoms with Crippen LogP contribution in [0.1, 0.15) is 11.3 Å².